The topological polar surface area (TPSA) is 38.3 Å². The molecule has 0 aliphatic rings. The van der Waals surface area contributed by atoms with Gasteiger partial charge < -0.3 is 10.1 Å². The third-order valence-electron chi connectivity index (χ3n) is 3.52. The Balaban J connectivity index is 2.01. The molecule has 0 saturated carbocycles. The Morgan fingerprint density at radius 3 is 2.35 bits per heavy atom. The van der Waals surface area contributed by atoms with Gasteiger partial charge in [-0.1, -0.05) is 43.8 Å². The zero-order valence-corrected chi connectivity index (χ0v) is 13.7. The Bertz CT molecular complexity index is 647. The molecule has 1 amide bonds. The van der Waals surface area contributed by atoms with E-state index in [0.29, 0.717) is 12.2 Å². The number of carbonyl (C=O) groups excluding carboxylic acids is 1. The average Bonchev–Trinajstić information content (AvgIpc) is 2.58. The van der Waals surface area contributed by atoms with Gasteiger partial charge in [-0.3, -0.25) is 4.79 Å². The van der Waals surface area contributed by atoms with E-state index in [9.17, 15) is 4.79 Å². The molecule has 2 rings (SSSR count). The Morgan fingerprint density at radius 2 is 1.78 bits per heavy atom. The lowest BCUT2D eigenvalue weighted by atomic mass is 10.0. The van der Waals surface area contributed by atoms with Crippen LogP contribution in [-0.4, -0.2) is 12.5 Å². The van der Waals surface area contributed by atoms with Gasteiger partial charge in [0, 0.05) is 5.56 Å². The fourth-order valence-corrected chi connectivity index (χ4v) is 2.26. The highest BCUT2D eigenvalue weighted by atomic mass is 16.5. The third kappa shape index (κ3) is 4.99. The summed E-state index contributed by atoms with van der Waals surface area (Å²) in [4.78, 5) is 12.4. The molecular formula is C20H23NO2. The number of amides is 1. The molecule has 2 aromatic carbocycles. The molecule has 2 aromatic rings. The molecule has 120 valence electrons. The second kappa shape index (κ2) is 8.18. The van der Waals surface area contributed by atoms with Gasteiger partial charge in [0.2, 0.25) is 0 Å². The summed E-state index contributed by atoms with van der Waals surface area (Å²) in [6.07, 6.45) is 0.843. The van der Waals surface area contributed by atoms with E-state index in [1.807, 2.05) is 37.3 Å². The molecule has 3 nitrogen and oxygen atoms in total. The zero-order valence-electron chi connectivity index (χ0n) is 13.7. The van der Waals surface area contributed by atoms with Gasteiger partial charge in [-0.15, -0.1) is 0 Å². The number of ether oxygens (including phenoxy) is 1. The molecule has 0 heterocycles. The standard InChI is InChI=1S/C20H23NO2/c1-4-19(16-8-6-5-7-9-16)21-20(22)17-10-12-18(13-11-17)23-14-15(2)3/h5-13,19H,2,4,14H2,1,3H3,(H,21,22). The first-order valence-electron chi connectivity index (χ1n) is 7.83. The van der Waals surface area contributed by atoms with Gasteiger partial charge in [0.05, 0.1) is 6.04 Å². The van der Waals surface area contributed by atoms with Gasteiger partial charge in [-0.2, -0.15) is 0 Å². The predicted molar refractivity (Wildman–Crippen MR) is 93.7 cm³/mol. The van der Waals surface area contributed by atoms with E-state index in [2.05, 4.69) is 18.8 Å². The van der Waals surface area contributed by atoms with E-state index in [1.54, 1.807) is 24.3 Å². The molecule has 0 bridgehead atoms. The molecular weight excluding hydrogens is 286 g/mol. The molecule has 0 aliphatic carbocycles. The zero-order chi connectivity index (χ0) is 16.7. The third-order valence-corrected chi connectivity index (χ3v) is 3.52. The Labute approximate surface area is 138 Å². The summed E-state index contributed by atoms with van der Waals surface area (Å²) >= 11 is 0. The SMILES string of the molecule is C=C(C)COc1ccc(C(=O)NC(CC)c2ccccc2)cc1. The van der Waals surface area contributed by atoms with Gasteiger partial charge in [0.15, 0.2) is 0 Å². The van der Waals surface area contributed by atoms with E-state index in [1.165, 1.54) is 0 Å². The maximum atomic E-state index is 12.4. The van der Waals surface area contributed by atoms with Crippen LogP contribution in [0.3, 0.4) is 0 Å². The summed E-state index contributed by atoms with van der Waals surface area (Å²) in [5, 5.41) is 3.08. The maximum absolute atomic E-state index is 12.4. The van der Waals surface area contributed by atoms with Crippen LogP contribution in [0, 0.1) is 0 Å². The van der Waals surface area contributed by atoms with E-state index in [0.717, 1.165) is 23.3 Å². The second-order valence-corrected chi connectivity index (χ2v) is 5.62. The lowest BCUT2D eigenvalue weighted by Gasteiger charge is -2.17. The number of hydrogen-bond donors (Lipinski definition) is 1. The van der Waals surface area contributed by atoms with Gasteiger partial charge in [0.1, 0.15) is 12.4 Å². The van der Waals surface area contributed by atoms with Crippen LogP contribution in [0.2, 0.25) is 0 Å². The summed E-state index contributed by atoms with van der Waals surface area (Å²) in [5.41, 5.74) is 2.70. The van der Waals surface area contributed by atoms with Crippen molar-refractivity contribution in [3.8, 4) is 5.75 Å². The van der Waals surface area contributed by atoms with Crippen molar-refractivity contribution in [3.63, 3.8) is 0 Å². The molecule has 0 aliphatic heterocycles. The van der Waals surface area contributed by atoms with Crippen molar-refractivity contribution in [1.82, 2.24) is 5.32 Å². The maximum Gasteiger partial charge on any atom is 0.251 e. The van der Waals surface area contributed by atoms with Gasteiger partial charge >= 0.3 is 0 Å². The number of nitrogens with one attached hydrogen (secondary N) is 1. The Kier molecular flexibility index (Phi) is 5.98. The minimum Gasteiger partial charge on any atom is -0.489 e. The van der Waals surface area contributed by atoms with Crippen molar-refractivity contribution < 1.29 is 9.53 Å². The van der Waals surface area contributed by atoms with E-state index in [-0.39, 0.29) is 11.9 Å². The van der Waals surface area contributed by atoms with E-state index < -0.39 is 0 Å². The van der Waals surface area contributed by atoms with Gasteiger partial charge in [-0.25, -0.2) is 0 Å². The molecule has 23 heavy (non-hydrogen) atoms. The van der Waals surface area contributed by atoms with Crippen LogP contribution in [0.5, 0.6) is 5.75 Å². The van der Waals surface area contributed by atoms with Crippen LogP contribution in [-0.2, 0) is 0 Å². The fourth-order valence-electron chi connectivity index (χ4n) is 2.26. The molecule has 1 N–H and O–H groups in total. The summed E-state index contributed by atoms with van der Waals surface area (Å²) in [6.45, 7) is 8.26. The van der Waals surface area contributed by atoms with Gasteiger partial charge in [0.25, 0.3) is 5.91 Å². The van der Waals surface area contributed by atoms with Crippen molar-refractivity contribution in [1.29, 1.82) is 0 Å². The molecule has 1 atom stereocenters. The first kappa shape index (κ1) is 16.8. The van der Waals surface area contributed by atoms with Crippen molar-refractivity contribution >= 4 is 5.91 Å². The van der Waals surface area contributed by atoms with E-state index in [4.69, 9.17) is 4.74 Å². The fraction of sp³-hybridized carbons (Fsp3) is 0.250. The van der Waals surface area contributed by atoms with Crippen molar-refractivity contribution in [2.24, 2.45) is 0 Å². The van der Waals surface area contributed by atoms with Crippen LogP contribution < -0.4 is 10.1 Å². The lowest BCUT2D eigenvalue weighted by molar-refractivity contribution is 0.0935. The van der Waals surface area contributed by atoms with Gasteiger partial charge in [-0.05, 0) is 48.7 Å². The monoisotopic (exact) mass is 309 g/mol. The van der Waals surface area contributed by atoms with Crippen LogP contribution >= 0.6 is 0 Å². The molecule has 0 aromatic heterocycles. The first-order chi connectivity index (χ1) is 11.1. The normalized spacial score (nSPS) is 11.6. The highest BCUT2D eigenvalue weighted by molar-refractivity contribution is 5.94. The quantitative estimate of drug-likeness (QED) is 0.764. The Morgan fingerprint density at radius 1 is 1.13 bits per heavy atom. The average molecular weight is 309 g/mol. The summed E-state index contributed by atoms with van der Waals surface area (Å²) in [5.74, 6) is 0.659. The largest absolute Gasteiger partial charge is 0.489 e. The summed E-state index contributed by atoms with van der Waals surface area (Å²) in [7, 11) is 0. The summed E-state index contributed by atoms with van der Waals surface area (Å²) < 4.78 is 5.54. The number of carbonyl (C=O) groups is 1. The molecule has 0 spiro atoms. The minimum absolute atomic E-state index is 0.0167. The van der Waals surface area contributed by atoms with E-state index >= 15 is 0 Å². The van der Waals surface area contributed by atoms with Crippen LogP contribution in [0.15, 0.2) is 66.7 Å². The van der Waals surface area contributed by atoms with Crippen molar-refractivity contribution in [3.05, 3.63) is 77.9 Å². The number of rotatable bonds is 7. The lowest BCUT2D eigenvalue weighted by Crippen LogP contribution is -2.28. The predicted octanol–water partition coefficient (Wildman–Crippen LogP) is 4.52. The molecule has 0 saturated heterocycles. The van der Waals surface area contributed by atoms with Crippen LogP contribution in [0.1, 0.15) is 42.2 Å². The highest BCUT2D eigenvalue weighted by Gasteiger charge is 2.13. The molecule has 0 radical (unpaired) electrons. The molecule has 1 unspecified atom stereocenters. The summed E-state index contributed by atoms with van der Waals surface area (Å²) in [6, 6.07) is 17.2. The number of benzene rings is 2. The highest BCUT2D eigenvalue weighted by Crippen LogP contribution is 2.18. The van der Waals surface area contributed by atoms with Crippen molar-refractivity contribution in [2.75, 3.05) is 6.61 Å². The Hall–Kier alpha value is -2.55. The van der Waals surface area contributed by atoms with Crippen LogP contribution in [0.4, 0.5) is 0 Å². The smallest absolute Gasteiger partial charge is 0.251 e. The molecule has 0 fully saturated rings. The molecule has 3 heteroatoms. The second-order valence-electron chi connectivity index (χ2n) is 5.62. The minimum atomic E-state index is -0.0767. The van der Waals surface area contributed by atoms with Crippen molar-refractivity contribution in [2.45, 2.75) is 26.3 Å². The number of hydrogen-bond acceptors (Lipinski definition) is 2. The first-order valence-corrected chi connectivity index (χ1v) is 7.83. The van der Waals surface area contributed by atoms with Crippen LogP contribution in [0.25, 0.3) is 0 Å².